The van der Waals surface area contributed by atoms with Gasteiger partial charge in [0.05, 0.1) is 12.3 Å². The molecule has 0 aliphatic carbocycles. The van der Waals surface area contributed by atoms with Gasteiger partial charge >= 0.3 is 0 Å². The van der Waals surface area contributed by atoms with Crippen molar-refractivity contribution in [3.8, 4) is 0 Å². The summed E-state index contributed by atoms with van der Waals surface area (Å²) in [5.41, 5.74) is 5.81. The lowest BCUT2D eigenvalue weighted by molar-refractivity contribution is 0.0195. The number of rotatable bonds is 5. The van der Waals surface area contributed by atoms with E-state index in [9.17, 15) is 0 Å². The van der Waals surface area contributed by atoms with Crippen LogP contribution in [0.3, 0.4) is 0 Å². The Morgan fingerprint density at radius 1 is 1.47 bits per heavy atom. The van der Waals surface area contributed by atoms with Gasteiger partial charge in [0.2, 0.25) is 0 Å². The van der Waals surface area contributed by atoms with Gasteiger partial charge in [0.25, 0.3) is 0 Å². The first-order valence-electron chi connectivity index (χ1n) is 5.80. The zero-order valence-electron chi connectivity index (χ0n) is 10.5. The number of aryl methyl sites for hydroxylation is 1. The van der Waals surface area contributed by atoms with E-state index in [1.807, 2.05) is 25.4 Å². The summed E-state index contributed by atoms with van der Waals surface area (Å²) in [4.78, 5) is 9.63. The number of hydrogen-bond donors (Lipinski definition) is 1. The van der Waals surface area contributed by atoms with Crippen molar-refractivity contribution in [2.45, 2.75) is 27.3 Å². The molecule has 17 heavy (non-hydrogen) atoms. The number of nitrogens with one attached hydrogen (secondary N) is 1. The number of aromatic nitrogens is 3. The minimum Gasteiger partial charge on any atom is -0.301 e. The van der Waals surface area contributed by atoms with Crippen molar-refractivity contribution in [1.82, 2.24) is 20.1 Å². The van der Waals surface area contributed by atoms with Crippen LogP contribution >= 0.6 is 0 Å². The standard InChI is InChI=1S/C12H18N4O/c1-9(2)8-17-14-6-11-5-13-12-4-10(3)15-16(12)7-11/h4-5,7,9,14H,6,8H2,1-3H3. The summed E-state index contributed by atoms with van der Waals surface area (Å²) in [5.74, 6) is 0.525. The van der Waals surface area contributed by atoms with Gasteiger partial charge in [-0.2, -0.15) is 10.6 Å². The minimum absolute atomic E-state index is 0.525. The lowest BCUT2D eigenvalue weighted by Gasteiger charge is -2.07. The van der Waals surface area contributed by atoms with Crippen LogP contribution < -0.4 is 5.48 Å². The highest BCUT2D eigenvalue weighted by Crippen LogP contribution is 2.04. The lowest BCUT2D eigenvalue weighted by Crippen LogP contribution is -2.17. The monoisotopic (exact) mass is 234 g/mol. The van der Waals surface area contributed by atoms with Crippen molar-refractivity contribution in [3.05, 3.63) is 29.7 Å². The molecule has 0 aliphatic rings. The molecule has 5 nitrogen and oxygen atoms in total. The Labute approximate surface area is 101 Å². The smallest absolute Gasteiger partial charge is 0.155 e. The molecule has 0 spiro atoms. The summed E-state index contributed by atoms with van der Waals surface area (Å²) in [6, 6.07) is 1.95. The summed E-state index contributed by atoms with van der Waals surface area (Å²) in [6.45, 7) is 7.52. The van der Waals surface area contributed by atoms with Crippen molar-refractivity contribution in [2.75, 3.05) is 6.61 Å². The fourth-order valence-corrected chi connectivity index (χ4v) is 1.49. The Morgan fingerprint density at radius 2 is 2.29 bits per heavy atom. The van der Waals surface area contributed by atoms with Crippen molar-refractivity contribution in [3.63, 3.8) is 0 Å². The third kappa shape index (κ3) is 3.25. The molecular weight excluding hydrogens is 216 g/mol. The molecule has 2 aromatic heterocycles. The van der Waals surface area contributed by atoms with E-state index in [4.69, 9.17) is 4.84 Å². The maximum atomic E-state index is 5.31. The largest absolute Gasteiger partial charge is 0.301 e. The highest BCUT2D eigenvalue weighted by molar-refractivity contribution is 5.38. The fraction of sp³-hybridized carbons (Fsp3) is 0.500. The van der Waals surface area contributed by atoms with Crippen LogP contribution in [0.2, 0.25) is 0 Å². The van der Waals surface area contributed by atoms with Crippen molar-refractivity contribution in [2.24, 2.45) is 5.92 Å². The van der Waals surface area contributed by atoms with Crippen molar-refractivity contribution < 1.29 is 4.84 Å². The van der Waals surface area contributed by atoms with E-state index >= 15 is 0 Å². The first-order chi connectivity index (χ1) is 8.15. The first-order valence-corrected chi connectivity index (χ1v) is 5.80. The molecule has 0 fully saturated rings. The Balaban J connectivity index is 1.94. The molecule has 0 unspecified atom stereocenters. The molecule has 0 amide bonds. The van der Waals surface area contributed by atoms with Crippen LogP contribution in [-0.2, 0) is 11.4 Å². The molecule has 2 aromatic rings. The van der Waals surface area contributed by atoms with E-state index in [1.165, 1.54) is 0 Å². The second-order valence-electron chi connectivity index (χ2n) is 4.58. The third-order valence-corrected chi connectivity index (χ3v) is 2.28. The fourth-order valence-electron chi connectivity index (χ4n) is 1.49. The van der Waals surface area contributed by atoms with Crippen LogP contribution in [0.1, 0.15) is 25.1 Å². The minimum atomic E-state index is 0.525. The van der Waals surface area contributed by atoms with Crippen LogP contribution in [0.15, 0.2) is 18.5 Å². The Hall–Kier alpha value is -1.46. The van der Waals surface area contributed by atoms with Gasteiger partial charge in [-0.05, 0) is 12.8 Å². The molecule has 92 valence electrons. The predicted octanol–water partition coefficient (Wildman–Crippen LogP) is 1.71. The van der Waals surface area contributed by atoms with E-state index in [1.54, 1.807) is 4.52 Å². The maximum absolute atomic E-state index is 5.31. The summed E-state index contributed by atoms with van der Waals surface area (Å²) < 4.78 is 1.79. The van der Waals surface area contributed by atoms with Crippen LogP contribution in [0, 0.1) is 12.8 Å². The molecule has 0 bridgehead atoms. The first kappa shape index (κ1) is 12.0. The molecule has 1 N–H and O–H groups in total. The van der Waals surface area contributed by atoms with Crippen molar-refractivity contribution >= 4 is 5.65 Å². The summed E-state index contributed by atoms with van der Waals surface area (Å²) >= 11 is 0. The molecule has 0 aliphatic heterocycles. The average molecular weight is 234 g/mol. The maximum Gasteiger partial charge on any atom is 0.155 e. The van der Waals surface area contributed by atoms with Gasteiger partial charge in [0.1, 0.15) is 0 Å². The quantitative estimate of drug-likeness (QED) is 0.632. The molecule has 0 aromatic carbocycles. The number of hydrogen-bond acceptors (Lipinski definition) is 4. The second-order valence-corrected chi connectivity index (χ2v) is 4.58. The van der Waals surface area contributed by atoms with E-state index in [2.05, 4.69) is 29.4 Å². The number of nitrogens with zero attached hydrogens (tertiary/aromatic N) is 3. The lowest BCUT2D eigenvalue weighted by atomic mass is 10.2. The Morgan fingerprint density at radius 3 is 3.06 bits per heavy atom. The molecule has 2 rings (SSSR count). The topological polar surface area (TPSA) is 51.5 Å². The van der Waals surface area contributed by atoms with E-state index in [-0.39, 0.29) is 0 Å². The number of fused-ring (bicyclic) bond motifs is 1. The number of hydroxylamine groups is 1. The SMILES string of the molecule is Cc1cc2ncc(CNOCC(C)C)cn2n1. The molecule has 0 saturated heterocycles. The zero-order chi connectivity index (χ0) is 12.3. The average Bonchev–Trinajstić information content (AvgIpc) is 2.63. The molecule has 5 heteroatoms. The van der Waals surface area contributed by atoms with Gasteiger partial charge in [-0.25, -0.2) is 9.50 Å². The van der Waals surface area contributed by atoms with E-state index < -0.39 is 0 Å². The molecule has 0 radical (unpaired) electrons. The van der Waals surface area contributed by atoms with Crippen molar-refractivity contribution in [1.29, 1.82) is 0 Å². The predicted molar refractivity (Wildman–Crippen MR) is 65.4 cm³/mol. The van der Waals surface area contributed by atoms with Gasteiger partial charge in [0, 0.05) is 30.6 Å². The highest BCUT2D eigenvalue weighted by atomic mass is 16.6. The Bertz CT molecular complexity index is 492. The molecular formula is C12H18N4O. The molecule has 0 saturated carbocycles. The summed E-state index contributed by atoms with van der Waals surface area (Å²) in [7, 11) is 0. The van der Waals surface area contributed by atoms with Crippen LogP contribution in [0.25, 0.3) is 5.65 Å². The zero-order valence-corrected chi connectivity index (χ0v) is 10.5. The van der Waals surface area contributed by atoms with Gasteiger partial charge in [-0.3, -0.25) is 0 Å². The van der Waals surface area contributed by atoms with Gasteiger partial charge in [0.15, 0.2) is 5.65 Å². The molecule has 2 heterocycles. The highest BCUT2D eigenvalue weighted by Gasteiger charge is 2.01. The van der Waals surface area contributed by atoms with E-state index in [0.717, 1.165) is 16.9 Å². The molecule has 0 atom stereocenters. The summed E-state index contributed by atoms with van der Waals surface area (Å²) in [5, 5.41) is 4.32. The second kappa shape index (κ2) is 5.25. The van der Waals surface area contributed by atoms with Gasteiger partial charge in [-0.15, -0.1) is 0 Å². The van der Waals surface area contributed by atoms with Gasteiger partial charge in [-0.1, -0.05) is 13.8 Å². The normalized spacial score (nSPS) is 11.5. The summed E-state index contributed by atoms with van der Waals surface area (Å²) in [6.07, 6.45) is 3.79. The van der Waals surface area contributed by atoms with Gasteiger partial charge < -0.3 is 4.84 Å². The van der Waals surface area contributed by atoms with E-state index in [0.29, 0.717) is 19.1 Å². The third-order valence-electron chi connectivity index (χ3n) is 2.28. The van der Waals surface area contributed by atoms with Crippen LogP contribution in [0.4, 0.5) is 0 Å². The van der Waals surface area contributed by atoms with Crippen LogP contribution in [0.5, 0.6) is 0 Å². The van der Waals surface area contributed by atoms with Crippen LogP contribution in [-0.4, -0.2) is 21.2 Å². The Kier molecular flexibility index (Phi) is 3.71.